The molecule has 6 nitrogen and oxygen atoms in total. The van der Waals surface area contributed by atoms with E-state index in [1.165, 1.54) is 5.56 Å². The quantitative estimate of drug-likeness (QED) is 0.453. The van der Waals surface area contributed by atoms with E-state index in [1.807, 2.05) is 54.6 Å². The van der Waals surface area contributed by atoms with Crippen LogP contribution in [0.5, 0.6) is 11.5 Å². The molecule has 3 rings (SSSR count). The standard InChI is InChI=1S/C24H25BrN2O4/c1-3-16(2)18-9-11-22(21(25)13-18)31-15-24(29)27-26-23(28)14-30-20-10-8-17-6-4-5-7-19(17)12-20/h4-13,16H,3,14-15H2,1-2H3,(H,26,28)(H,27,29). The van der Waals surface area contributed by atoms with Gasteiger partial charge in [0.15, 0.2) is 13.2 Å². The van der Waals surface area contributed by atoms with Gasteiger partial charge in [0.2, 0.25) is 0 Å². The van der Waals surface area contributed by atoms with Crippen molar-refractivity contribution >= 4 is 38.5 Å². The fourth-order valence-electron chi connectivity index (χ4n) is 2.94. The van der Waals surface area contributed by atoms with Gasteiger partial charge in [0.05, 0.1) is 4.47 Å². The zero-order valence-electron chi connectivity index (χ0n) is 17.5. The van der Waals surface area contributed by atoms with Crippen molar-refractivity contribution in [2.24, 2.45) is 0 Å². The minimum absolute atomic E-state index is 0.220. The molecule has 0 spiro atoms. The monoisotopic (exact) mass is 484 g/mol. The molecule has 2 amide bonds. The van der Waals surface area contributed by atoms with Crippen molar-refractivity contribution in [3.05, 3.63) is 70.7 Å². The van der Waals surface area contributed by atoms with Crippen molar-refractivity contribution in [3.63, 3.8) is 0 Å². The maximum Gasteiger partial charge on any atom is 0.276 e. The minimum Gasteiger partial charge on any atom is -0.484 e. The lowest BCUT2D eigenvalue weighted by atomic mass is 9.99. The summed E-state index contributed by atoms with van der Waals surface area (Å²) >= 11 is 3.47. The Bertz CT molecular complexity index is 1070. The third-order valence-corrected chi connectivity index (χ3v) is 5.55. The molecule has 3 aromatic rings. The van der Waals surface area contributed by atoms with Gasteiger partial charge in [-0.05, 0) is 68.9 Å². The predicted molar refractivity (Wildman–Crippen MR) is 124 cm³/mol. The van der Waals surface area contributed by atoms with E-state index >= 15 is 0 Å². The average Bonchev–Trinajstić information content (AvgIpc) is 2.79. The van der Waals surface area contributed by atoms with Crippen LogP contribution in [-0.4, -0.2) is 25.0 Å². The molecule has 0 fully saturated rings. The maximum atomic E-state index is 12.0. The molecule has 3 aromatic carbocycles. The van der Waals surface area contributed by atoms with Crippen LogP contribution in [0.15, 0.2) is 65.1 Å². The predicted octanol–water partition coefficient (Wildman–Crippen LogP) is 4.72. The Morgan fingerprint density at radius 3 is 2.26 bits per heavy atom. The van der Waals surface area contributed by atoms with Crippen molar-refractivity contribution in [2.45, 2.75) is 26.2 Å². The first-order valence-electron chi connectivity index (χ1n) is 10.1. The van der Waals surface area contributed by atoms with E-state index in [4.69, 9.17) is 9.47 Å². The van der Waals surface area contributed by atoms with Gasteiger partial charge in [-0.25, -0.2) is 0 Å². The number of benzene rings is 3. The number of fused-ring (bicyclic) bond motifs is 1. The van der Waals surface area contributed by atoms with Gasteiger partial charge in [0.25, 0.3) is 11.8 Å². The second kappa shape index (κ2) is 10.8. The number of hydrogen-bond donors (Lipinski definition) is 2. The summed E-state index contributed by atoms with van der Waals surface area (Å²) in [7, 11) is 0. The van der Waals surface area contributed by atoms with Crippen LogP contribution < -0.4 is 20.3 Å². The number of hydrazine groups is 1. The van der Waals surface area contributed by atoms with Crippen LogP contribution in [0, 0.1) is 0 Å². The molecule has 0 bridgehead atoms. The van der Waals surface area contributed by atoms with Crippen LogP contribution in [0.2, 0.25) is 0 Å². The second-order valence-corrected chi connectivity index (χ2v) is 8.04. The summed E-state index contributed by atoms with van der Waals surface area (Å²) in [6.07, 6.45) is 1.04. The summed E-state index contributed by atoms with van der Waals surface area (Å²) < 4.78 is 11.8. The highest BCUT2D eigenvalue weighted by Crippen LogP contribution is 2.30. The molecule has 1 atom stereocenters. The summed E-state index contributed by atoms with van der Waals surface area (Å²) in [5.74, 6) is 0.639. The molecule has 0 saturated heterocycles. The van der Waals surface area contributed by atoms with Crippen LogP contribution in [0.25, 0.3) is 10.8 Å². The van der Waals surface area contributed by atoms with Gasteiger partial charge in [-0.15, -0.1) is 0 Å². The number of hydrogen-bond acceptors (Lipinski definition) is 4. The van der Waals surface area contributed by atoms with Crippen molar-refractivity contribution in [1.29, 1.82) is 0 Å². The fourth-order valence-corrected chi connectivity index (χ4v) is 3.45. The lowest BCUT2D eigenvalue weighted by molar-refractivity contribution is -0.131. The highest BCUT2D eigenvalue weighted by atomic mass is 79.9. The van der Waals surface area contributed by atoms with Crippen LogP contribution in [0.4, 0.5) is 0 Å². The number of rotatable bonds is 8. The van der Waals surface area contributed by atoms with Gasteiger partial charge in [0.1, 0.15) is 11.5 Å². The first-order chi connectivity index (χ1) is 15.0. The van der Waals surface area contributed by atoms with Gasteiger partial charge in [-0.2, -0.15) is 0 Å². The van der Waals surface area contributed by atoms with E-state index in [2.05, 4.69) is 40.6 Å². The Balaban J connectivity index is 1.41. The molecule has 0 heterocycles. The third-order valence-electron chi connectivity index (χ3n) is 4.93. The summed E-state index contributed by atoms with van der Waals surface area (Å²) in [4.78, 5) is 23.9. The van der Waals surface area contributed by atoms with Crippen LogP contribution >= 0.6 is 15.9 Å². The van der Waals surface area contributed by atoms with E-state index < -0.39 is 11.8 Å². The fraction of sp³-hybridized carbons (Fsp3) is 0.250. The minimum atomic E-state index is -0.475. The molecule has 0 radical (unpaired) electrons. The molecule has 0 saturated carbocycles. The molecular formula is C24H25BrN2O4. The third kappa shape index (κ3) is 6.46. The van der Waals surface area contributed by atoms with Crippen molar-refractivity contribution in [3.8, 4) is 11.5 Å². The smallest absolute Gasteiger partial charge is 0.276 e. The lowest BCUT2D eigenvalue weighted by Crippen LogP contribution is -2.45. The van der Waals surface area contributed by atoms with E-state index in [9.17, 15) is 9.59 Å². The molecule has 0 aliphatic rings. The van der Waals surface area contributed by atoms with E-state index in [0.717, 1.165) is 21.7 Å². The zero-order valence-corrected chi connectivity index (χ0v) is 19.1. The summed E-state index contributed by atoms with van der Waals surface area (Å²) in [6, 6.07) is 19.3. The molecule has 162 valence electrons. The Morgan fingerprint density at radius 1 is 0.903 bits per heavy atom. The summed E-state index contributed by atoms with van der Waals surface area (Å²) in [5.41, 5.74) is 5.83. The van der Waals surface area contributed by atoms with Crippen LogP contribution in [0.3, 0.4) is 0 Å². The Hall–Kier alpha value is -3.06. The molecular weight excluding hydrogens is 460 g/mol. The van der Waals surface area contributed by atoms with E-state index in [1.54, 1.807) is 6.07 Å². The number of carbonyl (C=O) groups is 2. The molecule has 31 heavy (non-hydrogen) atoms. The number of carbonyl (C=O) groups excluding carboxylic acids is 2. The van der Waals surface area contributed by atoms with Gasteiger partial charge in [0, 0.05) is 0 Å². The largest absolute Gasteiger partial charge is 0.484 e. The van der Waals surface area contributed by atoms with Gasteiger partial charge in [-0.1, -0.05) is 50.2 Å². The Kier molecular flexibility index (Phi) is 7.89. The zero-order chi connectivity index (χ0) is 22.2. The SMILES string of the molecule is CCC(C)c1ccc(OCC(=O)NNC(=O)COc2ccc3ccccc3c2)c(Br)c1. The first kappa shape index (κ1) is 22.6. The number of ether oxygens (including phenoxy) is 2. The molecule has 1 unspecified atom stereocenters. The number of amides is 2. The molecule has 7 heteroatoms. The van der Waals surface area contributed by atoms with Crippen LogP contribution in [0.1, 0.15) is 31.7 Å². The molecule has 2 N–H and O–H groups in total. The van der Waals surface area contributed by atoms with Gasteiger partial charge in [-0.3, -0.25) is 20.4 Å². The average molecular weight is 485 g/mol. The van der Waals surface area contributed by atoms with Crippen molar-refractivity contribution in [1.82, 2.24) is 10.9 Å². The number of nitrogens with one attached hydrogen (secondary N) is 2. The maximum absolute atomic E-state index is 12.0. The Labute approximate surface area is 190 Å². The Morgan fingerprint density at radius 2 is 1.58 bits per heavy atom. The van der Waals surface area contributed by atoms with Crippen molar-refractivity contribution in [2.75, 3.05) is 13.2 Å². The van der Waals surface area contributed by atoms with Crippen LogP contribution in [-0.2, 0) is 9.59 Å². The summed E-state index contributed by atoms with van der Waals surface area (Å²) in [6.45, 7) is 3.84. The molecule has 0 aliphatic carbocycles. The summed E-state index contributed by atoms with van der Waals surface area (Å²) in [5, 5.41) is 2.11. The lowest BCUT2D eigenvalue weighted by Gasteiger charge is -2.13. The highest BCUT2D eigenvalue weighted by Gasteiger charge is 2.10. The second-order valence-electron chi connectivity index (χ2n) is 7.18. The van der Waals surface area contributed by atoms with E-state index in [0.29, 0.717) is 17.4 Å². The highest BCUT2D eigenvalue weighted by molar-refractivity contribution is 9.10. The van der Waals surface area contributed by atoms with Gasteiger partial charge >= 0.3 is 0 Å². The molecule has 0 aliphatic heterocycles. The first-order valence-corrected chi connectivity index (χ1v) is 10.9. The molecule has 0 aromatic heterocycles. The van der Waals surface area contributed by atoms with Crippen molar-refractivity contribution < 1.29 is 19.1 Å². The van der Waals surface area contributed by atoms with Gasteiger partial charge < -0.3 is 9.47 Å². The topological polar surface area (TPSA) is 76.7 Å². The number of halogens is 1. The van der Waals surface area contributed by atoms with E-state index in [-0.39, 0.29) is 13.2 Å². The normalized spacial score (nSPS) is 11.6.